The van der Waals surface area contributed by atoms with Crippen molar-refractivity contribution in [3.8, 4) is 17.2 Å². The lowest BCUT2D eigenvalue weighted by Crippen LogP contribution is -2.47. The highest BCUT2D eigenvalue weighted by Crippen LogP contribution is 2.42. The van der Waals surface area contributed by atoms with Crippen molar-refractivity contribution in [3.05, 3.63) is 83.7 Å². The third-order valence-electron chi connectivity index (χ3n) is 9.50. The smallest absolute Gasteiger partial charge is 0.229 e. The highest BCUT2D eigenvalue weighted by atomic mass is 16.5. The molecule has 9 nitrogen and oxygen atoms in total. The standard InChI is InChI=1S/C36H42N4O5/c1-43-30-21-26(22-31(44-2)33(30)45-3)24-40-20-17-36(35(40)42,23-25-11-5-4-6-12-25)16-19-39-18-10-9-15-29(39)32(41)34-37-27-13-7-8-14-28(27)38-34/h4-8,11-14,21-22,29H,9-10,15-20,23-24H2,1-3H3,(H,37,38). The lowest BCUT2D eigenvalue weighted by atomic mass is 9.76. The van der Waals surface area contributed by atoms with Gasteiger partial charge < -0.3 is 24.1 Å². The number of piperidine rings is 1. The Kier molecular flexibility index (Phi) is 9.07. The van der Waals surface area contributed by atoms with E-state index in [-0.39, 0.29) is 17.7 Å². The van der Waals surface area contributed by atoms with Crippen LogP contribution in [0.3, 0.4) is 0 Å². The SMILES string of the molecule is COc1cc(CN2CCC(CCN3CCCCC3C(=O)c3nc4ccccc4[nH]3)(Cc3ccccc3)C2=O)cc(OC)c1OC. The number of H-pyrrole nitrogens is 1. The number of hydrogen-bond acceptors (Lipinski definition) is 7. The number of aromatic nitrogens is 2. The fourth-order valence-electron chi connectivity index (χ4n) is 7.10. The van der Waals surface area contributed by atoms with Gasteiger partial charge >= 0.3 is 0 Å². The van der Waals surface area contributed by atoms with Gasteiger partial charge in [0.2, 0.25) is 17.4 Å². The molecule has 2 fully saturated rings. The Labute approximate surface area is 264 Å². The van der Waals surface area contributed by atoms with Crippen LogP contribution in [0.5, 0.6) is 17.2 Å². The van der Waals surface area contributed by atoms with E-state index >= 15 is 0 Å². The molecule has 9 heteroatoms. The van der Waals surface area contributed by atoms with E-state index in [4.69, 9.17) is 14.2 Å². The van der Waals surface area contributed by atoms with Crippen LogP contribution in [0.25, 0.3) is 11.0 Å². The van der Waals surface area contributed by atoms with E-state index in [1.807, 2.05) is 59.5 Å². The van der Waals surface area contributed by atoms with Gasteiger partial charge in [0.1, 0.15) is 0 Å². The van der Waals surface area contributed by atoms with E-state index in [2.05, 4.69) is 27.0 Å². The van der Waals surface area contributed by atoms with Gasteiger partial charge in [0, 0.05) is 13.1 Å². The number of nitrogens with zero attached hydrogens (tertiary/aromatic N) is 3. The second kappa shape index (κ2) is 13.3. The van der Waals surface area contributed by atoms with E-state index in [0.29, 0.717) is 55.5 Å². The number of carbonyl (C=O) groups excluding carboxylic acids is 2. The first-order valence-corrected chi connectivity index (χ1v) is 15.8. The maximum absolute atomic E-state index is 14.4. The number of aromatic amines is 1. The summed E-state index contributed by atoms with van der Waals surface area (Å²) in [5.74, 6) is 2.27. The number of likely N-dealkylation sites (tertiary alicyclic amines) is 2. The third-order valence-corrected chi connectivity index (χ3v) is 9.50. The molecule has 1 aromatic heterocycles. The highest BCUT2D eigenvalue weighted by Gasteiger charge is 2.47. The van der Waals surface area contributed by atoms with Gasteiger partial charge in [-0.3, -0.25) is 14.5 Å². The van der Waals surface area contributed by atoms with Crippen LogP contribution in [-0.2, 0) is 17.8 Å². The molecule has 2 unspecified atom stereocenters. The van der Waals surface area contributed by atoms with Crippen molar-refractivity contribution in [2.75, 3.05) is 41.0 Å². The Morgan fingerprint density at radius 1 is 0.933 bits per heavy atom. The lowest BCUT2D eigenvalue weighted by Gasteiger charge is -2.37. The molecule has 0 radical (unpaired) electrons. The maximum atomic E-state index is 14.4. The van der Waals surface area contributed by atoms with E-state index in [0.717, 1.165) is 54.4 Å². The Hall–Kier alpha value is -4.37. The van der Waals surface area contributed by atoms with Crippen molar-refractivity contribution in [1.29, 1.82) is 0 Å². The average Bonchev–Trinajstić information content (AvgIpc) is 3.65. The molecule has 2 aliphatic rings. The Bertz CT molecular complexity index is 1600. The van der Waals surface area contributed by atoms with Crippen LogP contribution in [0.15, 0.2) is 66.7 Å². The Morgan fingerprint density at radius 3 is 2.38 bits per heavy atom. The number of amides is 1. The second-order valence-corrected chi connectivity index (χ2v) is 12.2. The molecule has 3 heterocycles. The third kappa shape index (κ3) is 6.27. The van der Waals surface area contributed by atoms with Crippen molar-refractivity contribution in [3.63, 3.8) is 0 Å². The molecule has 45 heavy (non-hydrogen) atoms. The number of hydrogen-bond donors (Lipinski definition) is 1. The molecule has 6 rings (SSSR count). The molecule has 236 valence electrons. The number of benzene rings is 3. The first-order chi connectivity index (χ1) is 21.9. The minimum absolute atomic E-state index is 0.0322. The average molecular weight is 611 g/mol. The monoisotopic (exact) mass is 610 g/mol. The van der Waals surface area contributed by atoms with Crippen molar-refractivity contribution in [1.82, 2.24) is 19.8 Å². The quantitative estimate of drug-likeness (QED) is 0.206. The molecule has 1 amide bonds. The summed E-state index contributed by atoms with van der Waals surface area (Å²) in [7, 11) is 4.78. The largest absolute Gasteiger partial charge is 0.493 e. The number of carbonyl (C=O) groups is 2. The number of fused-ring (bicyclic) bond motifs is 1. The zero-order valence-electron chi connectivity index (χ0n) is 26.4. The van der Waals surface area contributed by atoms with Gasteiger partial charge in [-0.1, -0.05) is 48.9 Å². The first-order valence-electron chi connectivity index (χ1n) is 15.8. The van der Waals surface area contributed by atoms with Crippen LogP contribution in [0.2, 0.25) is 0 Å². The lowest BCUT2D eigenvalue weighted by molar-refractivity contribution is -0.137. The molecular weight excluding hydrogens is 568 g/mol. The van der Waals surface area contributed by atoms with Crippen molar-refractivity contribution < 1.29 is 23.8 Å². The fourth-order valence-corrected chi connectivity index (χ4v) is 7.10. The number of ether oxygens (including phenoxy) is 3. The van der Waals surface area contributed by atoms with Crippen LogP contribution in [-0.4, -0.2) is 78.5 Å². The molecule has 0 bridgehead atoms. The van der Waals surface area contributed by atoms with Gasteiger partial charge in [0.25, 0.3) is 0 Å². The molecule has 1 N–H and O–H groups in total. The first kappa shape index (κ1) is 30.6. The molecule has 2 saturated heterocycles. The molecule has 3 aromatic carbocycles. The topological polar surface area (TPSA) is 97.0 Å². The number of methoxy groups -OCH3 is 3. The van der Waals surface area contributed by atoms with Crippen LogP contribution < -0.4 is 14.2 Å². The van der Waals surface area contributed by atoms with Crippen molar-refractivity contribution in [2.45, 2.75) is 51.1 Å². The summed E-state index contributed by atoms with van der Waals surface area (Å²) in [5.41, 5.74) is 3.17. The summed E-state index contributed by atoms with van der Waals surface area (Å²) >= 11 is 0. The number of imidazole rings is 1. The summed E-state index contributed by atoms with van der Waals surface area (Å²) < 4.78 is 16.6. The zero-order valence-corrected chi connectivity index (χ0v) is 26.4. The highest BCUT2D eigenvalue weighted by molar-refractivity contribution is 5.99. The molecule has 4 aromatic rings. The van der Waals surface area contributed by atoms with Gasteiger partial charge in [-0.25, -0.2) is 4.98 Å². The van der Waals surface area contributed by atoms with E-state index in [9.17, 15) is 9.59 Å². The summed E-state index contributed by atoms with van der Waals surface area (Å²) in [4.78, 5) is 40.3. The zero-order chi connectivity index (χ0) is 31.4. The predicted molar refractivity (Wildman–Crippen MR) is 173 cm³/mol. The minimum atomic E-state index is -0.563. The maximum Gasteiger partial charge on any atom is 0.229 e. The normalized spacial score (nSPS) is 20.5. The van der Waals surface area contributed by atoms with E-state index < -0.39 is 5.41 Å². The number of ketones is 1. The molecule has 2 atom stereocenters. The van der Waals surface area contributed by atoms with Gasteiger partial charge in [0.15, 0.2) is 17.3 Å². The summed E-state index contributed by atoms with van der Waals surface area (Å²) in [6, 6.07) is 21.6. The van der Waals surface area contributed by atoms with Crippen molar-refractivity contribution >= 4 is 22.7 Å². The van der Waals surface area contributed by atoms with Crippen LogP contribution in [0.4, 0.5) is 0 Å². The second-order valence-electron chi connectivity index (χ2n) is 12.2. The van der Waals surface area contributed by atoms with Gasteiger partial charge in [-0.05, 0) is 80.6 Å². The fraction of sp³-hybridized carbons (Fsp3) is 0.417. The van der Waals surface area contributed by atoms with Gasteiger partial charge in [0.05, 0.1) is 43.8 Å². The molecular formula is C36H42N4O5. The van der Waals surface area contributed by atoms with Crippen LogP contribution >= 0.6 is 0 Å². The predicted octanol–water partition coefficient (Wildman–Crippen LogP) is 5.68. The number of Topliss-reactive ketones (excluding diaryl/α,β-unsaturated/α-hetero) is 1. The molecule has 2 aliphatic heterocycles. The Balaban J connectivity index is 1.23. The van der Waals surface area contributed by atoms with Crippen LogP contribution in [0.1, 0.15) is 53.8 Å². The number of para-hydroxylation sites is 2. The number of nitrogens with one attached hydrogen (secondary N) is 1. The van der Waals surface area contributed by atoms with Gasteiger partial charge in [-0.15, -0.1) is 0 Å². The molecule has 0 saturated carbocycles. The van der Waals surface area contributed by atoms with Gasteiger partial charge in [-0.2, -0.15) is 0 Å². The van der Waals surface area contributed by atoms with E-state index in [1.165, 1.54) is 0 Å². The Morgan fingerprint density at radius 2 is 1.67 bits per heavy atom. The summed E-state index contributed by atoms with van der Waals surface area (Å²) in [6.07, 6.45) is 4.93. The summed E-state index contributed by atoms with van der Waals surface area (Å²) in [5, 5.41) is 0. The van der Waals surface area contributed by atoms with Crippen LogP contribution in [0, 0.1) is 5.41 Å². The molecule has 0 spiro atoms. The number of rotatable bonds is 12. The van der Waals surface area contributed by atoms with Crippen molar-refractivity contribution in [2.24, 2.45) is 5.41 Å². The summed E-state index contributed by atoms with van der Waals surface area (Å²) in [6.45, 7) is 2.61. The van der Waals surface area contributed by atoms with E-state index in [1.54, 1.807) is 21.3 Å². The molecule has 0 aliphatic carbocycles. The minimum Gasteiger partial charge on any atom is -0.493 e.